The SMILES string of the molecule is CCCCCC(=O)C(C)COC(C)=O. The Bertz CT molecular complexity index is 187. The minimum Gasteiger partial charge on any atom is -0.465 e. The van der Waals surface area contributed by atoms with Crippen LogP contribution in [0.2, 0.25) is 0 Å². The van der Waals surface area contributed by atoms with Crippen LogP contribution >= 0.6 is 0 Å². The highest BCUT2D eigenvalue weighted by Gasteiger charge is 2.13. The molecule has 82 valence electrons. The lowest BCUT2D eigenvalue weighted by Gasteiger charge is -2.09. The van der Waals surface area contributed by atoms with Crippen molar-refractivity contribution in [3.63, 3.8) is 0 Å². The van der Waals surface area contributed by atoms with E-state index in [0.29, 0.717) is 6.42 Å². The maximum atomic E-state index is 11.4. The van der Waals surface area contributed by atoms with Crippen LogP contribution in [-0.2, 0) is 14.3 Å². The van der Waals surface area contributed by atoms with Crippen molar-refractivity contribution in [2.45, 2.75) is 46.5 Å². The fraction of sp³-hybridized carbons (Fsp3) is 0.818. The van der Waals surface area contributed by atoms with Crippen molar-refractivity contribution in [2.75, 3.05) is 6.61 Å². The Morgan fingerprint density at radius 2 is 1.93 bits per heavy atom. The Morgan fingerprint density at radius 3 is 2.43 bits per heavy atom. The number of ether oxygens (including phenoxy) is 1. The van der Waals surface area contributed by atoms with Crippen molar-refractivity contribution in [1.82, 2.24) is 0 Å². The van der Waals surface area contributed by atoms with E-state index in [1.54, 1.807) is 6.92 Å². The summed E-state index contributed by atoms with van der Waals surface area (Å²) in [6.07, 6.45) is 3.76. The minimum absolute atomic E-state index is 0.157. The molecule has 14 heavy (non-hydrogen) atoms. The molecule has 0 aromatic heterocycles. The van der Waals surface area contributed by atoms with Gasteiger partial charge < -0.3 is 4.74 Å². The zero-order valence-electron chi connectivity index (χ0n) is 9.34. The van der Waals surface area contributed by atoms with E-state index < -0.39 is 0 Å². The predicted molar refractivity (Wildman–Crippen MR) is 54.9 cm³/mol. The van der Waals surface area contributed by atoms with Crippen molar-refractivity contribution in [2.24, 2.45) is 5.92 Å². The Labute approximate surface area is 85.8 Å². The molecule has 0 aliphatic rings. The third kappa shape index (κ3) is 6.63. The first-order chi connectivity index (χ1) is 6.57. The van der Waals surface area contributed by atoms with Gasteiger partial charge in [0.25, 0.3) is 0 Å². The van der Waals surface area contributed by atoms with Crippen LogP contribution in [0.5, 0.6) is 0 Å². The molecular formula is C11H20O3. The molecule has 0 rings (SSSR count). The van der Waals surface area contributed by atoms with Crippen LogP contribution in [0.3, 0.4) is 0 Å². The van der Waals surface area contributed by atoms with Gasteiger partial charge in [-0.25, -0.2) is 0 Å². The number of rotatable bonds is 7. The standard InChI is InChI=1S/C11H20O3/c1-4-5-6-7-11(13)9(2)8-14-10(3)12/h9H,4-8H2,1-3H3. The molecule has 0 fully saturated rings. The van der Waals surface area contributed by atoms with Crippen molar-refractivity contribution in [3.05, 3.63) is 0 Å². The maximum absolute atomic E-state index is 11.4. The van der Waals surface area contributed by atoms with Crippen molar-refractivity contribution in [3.8, 4) is 0 Å². The molecule has 0 saturated heterocycles. The first-order valence-corrected chi connectivity index (χ1v) is 5.24. The summed E-state index contributed by atoms with van der Waals surface area (Å²) in [5.74, 6) is -0.284. The van der Waals surface area contributed by atoms with Crippen LogP contribution in [0, 0.1) is 5.92 Å². The number of ketones is 1. The number of Topliss-reactive ketones (excluding diaryl/α,β-unsaturated/α-hetero) is 1. The molecule has 0 radical (unpaired) electrons. The largest absolute Gasteiger partial charge is 0.465 e. The third-order valence-electron chi connectivity index (χ3n) is 2.11. The monoisotopic (exact) mass is 200 g/mol. The number of esters is 1. The second-order valence-electron chi connectivity index (χ2n) is 3.63. The molecule has 0 spiro atoms. The van der Waals surface area contributed by atoms with Gasteiger partial charge in [-0.1, -0.05) is 26.7 Å². The number of carbonyl (C=O) groups is 2. The summed E-state index contributed by atoms with van der Waals surface area (Å²) in [5.41, 5.74) is 0. The molecule has 0 bridgehead atoms. The average molecular weight is 200 g/mol. The second kappa shape index (κ2) is 7.54. The molecule has 0 aromatic rings. The highest BCUT2D eigenvalue weighted by molar-refractivity contribution is 5.81. The van der Waals surface area contributed by atoms with Crippen molar-refractivity contribution >= 4 is 11.8 Å². The highest BCUT2D eigenvalue weighted by atomic mass is 16.5. The fourth-order valence-corrected chi connectivity index (χ4v) is 1.13. The average Bonchev–Trinajstić information content (AvgIpc) is 2.14. The molecule has 0 N–H and O–H groups in total. The van der Waals surface area contributed by atoms with Gasteiger partial charge in [-0.05, 0) is 6.42 Å². The molecule has 0 saturated carbocycles. The summed E-state index contributed by atoms with van der Waals surface area (Å²) in [7, 11) is 0. The predicted octanol–water partition coefficient (Wildman–Crippen LogP) is 2.33. The molecule has 0 amide bonds. The Balaban J connectivity index is 3.59. The zero-order chi connectivity index (χ0) is 11.0. The van der Waals surface area contributed by atoms with Gasteiger partial charge in [-0.3, -0.25) is 9.59 Å². The first kappa shape index (κ1) is 13.1. The lowest BCUT2D eigenvalue weighted by Crippen LogP contribution is -2.18. The highest BCUT2D eigenvalue weighted by Crippen LogP contribution is 2.07. The Kier molecular flexibility index (Phi) is 7.07. The minimum atomic E-state index is -0.321. The first-order valence-electron chi connectivity index (χ1n) is 5.24. The van der Waals surface area contributed by atoms with Crippen LogP contribution in [0.25, 0.3) is 0 Å². The number of hydrogen-bond donors (Lipinski definition) is 0. The second-order valence-corrected chi connectivity index (χ2v) is 3.63. The van der Waals surface area contributed by atoms with Crippen LogP contribution in [0.15, 0.2) is 0 Å². The maximum Gasteiger partial charge on any atom is 0.302 e. The molecule has 1 atom stereocenters. The van der Waals surface area contributed by atoms with Crippen molar-refractivity contribution in [1.29, 1.82) is 0 Å². The van der Waals surface area contributed by atoms with Crippen molar-refractivity contribution < 1.29 is 14.3 Å². The van der Waals surface area contributed by atoms with Crippen LogP contribution < -0.4 is 0 Å². The van der Waals surface area contributed by atoms with Gasteiger partial charge in [0.2, 0.25) is 0 Å². The van der Waals surface area contributed by atoms with Crippen LogP contribution in [-0.4, -0.2) is 18.4 Å². The summed E-state index contributed by atoms with van der Waals surface area (Å²) in [5, 5.41) is 0. The lowest BCUT2D eigenvalue weighted by atomic mass is 10.0. The van der Waals surface area contributed by atoms with E-state index in [4.69, 9.17) is 4.74 Å². The summed E-state index contributed by atoms with van der Waals surface area (Å²) >= 11 is 0. The van der Waals surface area contributed by atoms with E-state index >= 15 is 0 Å². The third-order valence-corrected chi connectivity index (χ3v) is 2.11. The lowest BCUT2D eigenvalue weighted by molar-refractivity contribution is -0.143. The summed E-state index contributed by atoms with van der Waals surface area (Å²) in [6.45, 7) is 5.48. The van der Waals surface area contributed by atoms with Crippen LogP contribution in [0.1, 0.15) is 46.5 Å². The van der Waals surface area contributed by atoms with Gasteiger partial charge >= 0.3 is 5.97 Å². The number of unbranched alkanes of at least 4 members (excludes halogenated alkanes) is 2. The van der Waals surface area contributed by atoms with Gasteiger partial charge in [0.1, 0.15) is 12.4 Å². The summed E-state index contributed by atoms with van der Waals surface area (Å²) in [6, 6.07) is 0. The van der Waals surface area contributed by atoms with E-state index in [9.17, 15) is 9.59 Å². The van der Waals surface area contributed by atoms with Gasteiger partial charge in [-0.15, -0.1) is 0 Å². The fourth-order valence-electron chi connectivity index (χ4n) is 1.13. The molecule has 0 aromatic carbocycles. The zero-order valence-corrected chi connectivity index (χ0v) is 9.34. The molecule has 0 heterocycles. The van der Waals surface area contributed by atoms with Gasteiger partial charge in [-0.2, -0.15) is 0 Å². The molecule has 0 aliphatic carbocycles. The van der Waals surface area contributed by atoms with E-state index in [1.165, 1.54) is 6.92 Å². The smallest absolute Gasteiger partial charge is 0.302 e. The Hall–Kier alpha value is -0.860. The van der Waals surface area contributed by atoms with Gasteiger partial charge in [0.05, 0.1) is 0 Å². The topological polar surface area (TPSA) is 43.4 Å². The molecule has 3 heteroatoms. The number of carbonyl (C=O) groups excluding carboxylic acids is 2. The summed E-state index contributed by atoms with van der Waals surface area (Å²) in [4.78, 5) is 21.9. The van der Waals surface area contributed by atoms with Gasteiger partial charge in [0, 0.05) is 19.3 Å². The van der Waals surface area contributed by atoms with Crippen LogP contribution in [0.4, 0.5) is 0 Å². The van der Waals surface area contributed by atoms with E-state index in [1.807, 2.05) is 0 Å². The summed E-state index contributed by atoms with van der Waals surface area (Å²) < 4.78 is 4.77. The van der Waals surface area contributed by atoms with E-state index in [2.05, 4.69) is 6.92 Å². The molecule has 1 unspecified atom stereocenters. The Morgan fingerprint density at radius 1 is 1.29 bits per heavy atom. The molecule has 3 nitrogen and oxygen atoms in total. The normalized spacial score (nSPS) is 12.2. The number of hydrogen-bond acceptors (Lipinski definition) is 3. The molecular weight excluding hydrogens is 180 g/mol. The molecule has 0 aliphatic heterocycles. The van der Waals surface area contributed by atoms with Gasteiger partial charge in [0.15, 0.2) is 0 Å². The quantitative estimate of drug-likeness (QED) is 0.468. The van der Waals surface area contributed by atoms with E-state index in [0.717, 1.165) is 19.3 Å². The van der Waals surface area contributed by atoms with E-state index in [-0.39, 0.29) is 24.3 Å².